The van der Waals surface area contributed by atoms with Gasteiger partial charge in [0.15, 0.2) is 0 Å². The molecule has 0 bridgehead atoms. The molecule has 0 aliphatic heterocycles. The molecule has 0 nitrogen and oxygen atoms in total. The van der Waals surface area contributed by atoms with Crippen molar-refractivity contribution in [1.82, 2.24) is 0 Å². The molecule has 1 heteroatoms. The van der Waals surface area contributed by atoms with Crippen molar-refractivity contribution in [3.63, 3.8) is 0 Å². The Bertz CT molecular complexity index is 300. The number of halogens is 1. The fourth-order valence-electron chi connectivity index (χ4n) is 1.85. The van der Waals surface area contributed by atoms with E-state index in [-0.39, 0.29) is 11.7 Å². The zero-order valence-corrected chi connectivity index (χ0v) is 9.47. The van der Waals surface area contributed by atoms with Gasteiger partial charge in [-0.05, 0) is 35.4 Å². The van der Waals surface area contributed by atoms with Crippen LogP contribution in [0.1, 0.15) is 44.7 Å². The first-order valence-corrected chi connectivity index (χ1v) is 5.29. The van der Waals surface area contributed by atoms with Crippen molar-refractivity contribution < 1.29 is 4.39 Å². The Morgan fingerprint density at radius 1 is 1.14 bits per heavy atom. The average molecular weight is 194 g/mol. The zero-order chi connectivity index (χ0) is 10.7. The van der Waals surface area contributed by atoms with E-state index in [0.717, 1.165) is 17.5 Å². The van der Waals surface area contributed by atoms with Crippen molar-refractivity contribution in [3.8, 4) is 0 Å². The third kappa shape index (κ3) is 2.57. The summed E-state index contributed by atoms with van der Waals surface area (Å²) in [6.07, 6.45) is 0.964. The fourth-order valence-corrected chi connectivity index (χ4v) is 1.85. The van der Waals surface area contributed by atoms with Gasteiger partial charge in [-0.25, -0.2) is 4.39 Å². The third-order valence-corrected chi connectivity index (χ3v) is 2.35. The summed E-state index contributed by atoms with van der Waals surface area (Å²) in [4.78, 5) is 0. The largest absolute Gasteiger partial charge is 0.207 e. The van der Waals surface area contributed by atoms with Gasteiger partial charge in [-0.1, -0.05) is 39.8 Å². The summed E-state index contributed by atoms with van der Waals surface area (Å²) in [5.74, 6) is 0.789. The lowest BCUT2D eigenvalue weighted by Gasteiger charge is -2.15. The van der Waals surface area contributed by atoms with Crippen molar-refractivity contribution in [2.45, 2.75) is 40.0 Å². The molecule has 1 aromatic carbocycles. The monoisotopic (exact) mass is 194 g/mol. The Hall–Kier alpha value is -0.850. The second-order valence-corrected chi connectivity index (χ2v) is 4.57. The Balaban J connectivity index is 3.08. The van der Waals surface area contributed by atoms with Crippen molar-refractivity contribution >= 4 is 0 Å². The lowest BCUT2D eigenvalue weighted by atomic mass is 9.91. The number of rotatable bonds is 3. The van der Waals surface area contributed by atoms with E-state index in [4.69, 9.17) is 0 Å². The fraction of sp³-hybridized carbons (Fsp3) is 0.538. The summed E-state index contributed by atoms with van der Waals surface area (Å²) in [6.45, 7) is 8.41. The van der Waals surface area contributed by atoms with Gasteiger partial charge < -0.3 is 0 Å². The quantitative estimate of drug-likeness (QED) is 0.678. The van der Waals surface area contributed by atoms with E-state index >= 15 is 0 Å². The van der Waals surface area contributed by atoms with Crippen molar-refractivity contribution in [2.24, 2.45) is 5.92 Å². The summed E-state index contributed by atoms with van der Waals surface area (Å²) < 4.78 is 13.6. The maximum absolute atomic E-state index is 13.6. The van der Waals surface area contributed by atoms with Crippen LogP contribution in [-0.2, 0) is 6.42 Å². The van der Waals surface area contributed by atoms with Gasteiger partial charge in [0, 0.05) is 0 Å². The van der Waals surface area contributed by atoms with Crippen LogP contribution in [-0.4, -0.2) is 0 Å². The Labute approximate surface area is 86.2 Å². The molecule has 0 N–H and O–H groups in total. The molecular weight excluding hydrogens is 175 g/mol. The highest BCUT2D eigenvalue weighted by Crippen LogP contribution is 2.24. The maximum atomic E-state index is 13.6. The minimum Gasteiger partial charge on any atom is -0.207 e. The molecule has 0 aliphatic carbocycles. The van der Waals surface area contributed by atoms with Crippen molar-refractivity contribution in [2.75, 3.05) is 0 Å². The molecule has 0 radical (unpaired) electrons. The van der Waals surface area contributed by atoms with E-state index in [1.54, 1.807) is 12.1 Å². The summed E-state index contributed by atoms with van der Waals surface area (Å²) >= 11 is 0. The van der Waals surface area contributed by atoms with Gasteiger partial charge in [-0.15, -0.1) is 0 Å². The topological polar surface area (TPSA) is 0 Å². The van der Waals surface area contributed by atoms with Crippen LogP contribution >= 0.6 is 0 Å². The molecule has 14 heavy (non-hydrogen) atoms. The van der Waals surface area contributed by atoms with E-state index in [0.29, 0.717) is 5.92 Å². The molecule has 1 aromatic rings. The van der Waals surface area contributed by atoms with Gasteiger partial charge >= 0.3 is 0 Å². The van der Waals surface area contributed by atoms with Crippen LogP contribution in [0.15, 0.2) is 18.2 Å². The third-order valence-electron chi connectivity index (χ3n) is 2.35. The normalized spacial score (nSPS) is 11.4. The number of hydrogen-bond donors (Lipinski definition) is 0. The van der Waals surface area contributed by atoms with Crippen LogP contribution in [0.4, 0.5) is 4.39 Å². The SMILES string of the molecule is CC(C)Cc1cccc(F)c1C(C)C. The smallest absolute Gasteiger partial charge is 0.126 e. The van der Waals surface area contributed by atoms with E-state index < -0.39 is 0 Å². The van der Waals surface area contributed by atoms with E-state index in [9.17, 15) is 4.39 Å². The predicted octanol–water partition coefficient (Wildman–Crippen LogP) is 4.15. The molecule has 0 aromatic heterocycles. The molecule has 0 saturated heterocycles. The molecule has 1 rings (SSSR count). The highest BCUT2D eigenvalue weighted by atomic mass is 19.1. The molecule has 78 valence electrons. The summed E-state index contributed by atoms with van der Waals surface area (Å²) in [5, 5.41) is 0. The molecule has 0 atom stereocenters. The van der Waals surface area contributed by atoms with Crippen LogP contribution in [0.25, 0.3) is 0 Å². The van der Waals surface area contributed by atoms with Gasteiger partial charge in [0.05, 0.1) is 0 Å². The van der Waals surface area contributed by atoms with Crippen molar-refractivity contribution in [3.05, 3.63) is 35.1 Å². The van der Waals surface area contributed by atoms with Gasteiger partial charge in [0.2, 0.25) is 0 Å². The van der Waals surface area contributed by atoms with Gasteiger partial charge in [-0.2, -0.15) is 0 Å². The van der Waals surface area contributed by atoms with E-state index in [1.165, 1.54) is 0 Å². The molecule has 0 unspecified atom stereocenters. The molecular formula is C13H19F. The molecule has 0 aliphatic rings. The summed E-state index contributed by atoms with van der Waals surface area (Å²) in [7, 11) is 0. The zero-order valence-electron chi connectivity index (χ0n) is 9.47. The van der Waals surface area contributed by atoms with E-state index in [1.807, 2.05) is 19.9 Å². The molecule has 0 heterocycles. The molecule has 0 spiro atoms. The highest BCUT2D eigenvalue weighted by molar-refractivity contribution is 5.31. The predicted molar refractivity (Wildman–Crippen MR) is 59.0 cm³/mol. The van der Waals surface area contributed by atoms with Crippen LogP contribution in [0.5, 0.6) is 0 Å². The highest BCUT2D eigenvalue weighted by Gasteiger charge is 2.12. The summed E-state index contributed by atoms with van der Waals surface area (Å²) in [6, 6.07) is 5.40. The summed E-state index contributed by atoms with van der Waals surface area (Å²) in [5.41, 5.74) is 2.05. The van der Waals surface area contributed by atoms with Crippen LogP contribution in [0.3, 0.4) is 0 Å². The lowest BCUT2D eigenvalue weighted by Crippen LogP contribution is -2.03. The first-order chi connectivity index (χ1) is 6.52. The van der Waals surface area contributed by atoms with Crippen LogP contribution in [0.2, 0.25) is 0 Å². The van der Waals surface area contributed by atoms with Gasteiger partial charge in [0.25, 0.3) is 0 Å². The van der Waals surface area contributed by atoms with Crippen molar-refractivity contribution in [1.29, 1.82) is 0 Å². The molecule has 0 saturated carbocycles. The first kappa shape index (κ1) is 11.2. The molecule has 0 amide bonds. The Morgan fingerprint density at radius 2 is 1.79 bits per heavy atom. The first-order valence-electron chi connectivity index (χ1n) is 5.29. The Morgan fingerprint density at radius 3 is 2.29 bits per heavy atom. The average Bonchev–Trinajstić information content (AvgIpc) is 2.01. The maximum Gasteiger partial charge on any atom is 0.126 e. The number of hydrogen-bond acceptors (Lipinski definition) is 0. The van der Waals surface area contributed by atoms with Crippen LogP contribution in [0, 0.1) is 11.7 Å². The van der Waals surface area contributed by atoms with E-state index in [2.05, 4.69) is 13.8 Å². The van der Waals surface area contributed by atoms with Gasteiger partial charge in [-0.3, -0.25) is 0 Å². The Kier molecular flexibility index (Phi) is 3.68. The minimum absolute atomic E-state index is 0.0573. The lowest BCUT2D eigenvalue weighted by molar-refractivity contribution is 0.580. The second-order valence-electron chi connectivity index (χ2n) is 4.57. The second kappa shape index (κ2) is 4.59. The van der Waals surface area contributed by atoms with Gasteiger partial charge in [0.1, 0.15) is 5.82 Å². The molecule has 0 fully saturated rings. The van der Waals surface area contributed by atoms with Crippen LogP contribution < -0.4 is 0 Å². The standard InChI is InChI=1S/C13H19F/c1-9(2)8-11-6-5-7-12(14)13(11)10(3)4/h5-7,9-10H,8H2,1-4H3. The number of benzene rings is 1. The minimum atomic E-state index is -0.0573.